The Hall–Kier alpha value is -3.70. The molecule has 1 saturated heterocycles. The monoisotopic (exact) mass is 519 g/mol. The molecule has 11 heteroatoms. The lowest BCUT2D eigenvalue weighted by molar-refractivity contribution is 0.0115. The molecule has 1 amide bonds. The highest BCUT2D eigenvalue weighted by Gasteiger charge is 2.39. The molecule has 0 bridgehead atoms. The van der Waals surface area contributed by atoms with Crippen LogP contribution in [-0.4, -0.2) is 65.8 Å². The second kappa shape index (κ2) is 8.42. The van der Waals surface area contributed by atoms with E-state index in [1.54, 1.807) is 33.3 Å². The van der Waals surface area contributed by atoms with Gasteiger partial charge in [0.1, 0.15) is 11.0 Å². The number of carbonyl (C=O) groups is 1. The van der Waals surface area contributed by atoms with Gasteiger partial charge in [-0.3, -0.25) is 9.69 Å². The lowest BCUT2D eigenvalue weighted by atomic mass is 10.0. The number of hydrogen-bond acceptors (Lipinski definition) is 6. The van der Waals surface area contributed by atoms with Crippen LogP contribution in [0.5, 0.6) is 0 Å². The number of aromatic amines is 1. The molecule has 2 aliphatic rings. The SMILES string of the molecule is O=C(c1cnn2cc(CN3CCC(F)(F)C3)ccc12)N1CCc2[nH]cnc2[C@H]1c1nc2ccccc2s1. The summed E-state index contributed by atoms with van der Waals surface area (Å²) in [6.45, 7) is 1.08. The van der Waals surface area contributed by atoms with Gasteiger partial charge < -0.3 is 9.88 Å². The van der Waals surface area contributed by atoms with Crippen LogP contribution >= 0.6 is 11.3 Å². The molecular weight excluding hydrogens is 496 g/mol. The van der Waals surface area contributed by atoms with Gasteiger partial charge in [0, 0.05) is 44.4 Å². The zero-order valence-corrected chi connectivity index (χ0v) is 20.6. The van der Waals surface area contributed by atoms with Crippen LogP contribution in [0.4, 0.5) is 8.78 Å². The summed E-state index contributed by atoms with van der Waals surface area (Å²) in [6.07, 6.45) is 5.63. The number of amides is 1. The fourth-order valence-corrected chi connectivity index (χ4v) is 6.48. The Morgan fingerprint density at radius 2 is 2.08 bits per heavy atom. The molecule has 5 aromatic rings. The van der Waals surface area contributed by atoms with Gasteiger partial charge in [-0.2, -0.15) is 5.10 Å². The maximum Gasteiger partial charge on any atom is 0.261 e. The number of thiazole rings is 1. The van der Waals surface area contributed by atoms with Gasteiger partial charge in [-0.15, -0.1) is 11.3 Å². The van der Waals surface area contributed by atoms with E-state index in [4.69, 9.17) is 4.98 Å². The molecule has 0 unspecified atom stereocenters. The van der Waals surface area contributed by atoms with Gasteiger partial charge in [-0.1, -0.05) is 18.2 Å². The summed E-state index contributed by atoms with van der Waals surface area (Å²) < 4.78 is 29.9. The lowest BCUT2D eigenvalue weighted by Crippen LogP contribution is -2.40. The molecule has 0 radical (unpaired) electrons. The Kier molecular flexibility index (Phi) is 5.12. The molecule has 37 heavy (non-hydrogen) atoms. The number of imidazole rings is 1. The Labute approximate surface area is 214 Å². The van der Waals surface area contributed by atoms with Crippen molar-refractivity contribution in [1.82, 2.24) is 34.4 Å². The normalized spacial score (nSPS) is 19.6. The molecule has 7 rings (SSSR count). The number of benzene rings is 1. The standard InChI is InChI=1S/C26H23F2N7OS/c27-26(28)8-10-33(14-26)12-16-5-6-20-17(11-31-35(20)13-16)25(36)34-9-7-19-22(30-15-29-19)23(34)24-32-18-3-1-2-4-21(18)37-24/h1-6,11,13,15,23H,7-10,12,14H2,(H,29,30)/t23-/m0/s1. The number of likely N-dealkylation sites (tertiary alicyclic amines) is 1. The number of nitrogens with zero attached hydrogens (tertiary/aromatic N) is 6. The molecule has 0 spiro atoms. The van der Waals surface area contributed by atoms with E-state index in [0.29, 0.717) is 37.1 Å². The highest BCUT2D eigenvalue weighted by Crippen LogP contribution is 2.38. The minimum absolute atomic E-state index is 0.112. The predicted molar refractivity (Wildman–Crippen MR) is 135 cm³/mol. The molecule has 1 atom stereocenters. The van der Waals surface area contributed by atoms with Crippen molar-refractivity contribution >= 4 is 33.0 Å². The third kappa shape index (κ3) is 3.89. The quantitative estimate of drug-likeness (QED) is 0.383. The first-order valence-electron chi connectivity index (χ1n) is 12.2. The molecule has 8 nitrogen and oxygen atoms in total. The number of H-pyrrole nitrogens is 1. The number of alkyl halides is 2. The number of hydrogen-bond donors (Lipinski definition) is 1. The number of rotatable bonds is 4. The van der Waals surface area contributed by atoms with Crippen molar-refractivity contribution in [2.75, 3.05) is 19.6 Å². The summed E-state index contributed by atoms with van der Waals surface area (Å²) in [7, 11) is 0. The third-order valence-corrected chi connectivity index (χ3v) is 8.28. The van der Waals surface area contributed by atoms with E-state index >= 15 is 0 Å². The van der Waals surface area contributed by atoms with Crippen LogP contribution < -0.4 is 0 Å². The Bertz CT molecular complexity index is 1610. The summed E-state index contributed by atoms with van der Waals surface area (Å²) in [5.41, 5.74) is 4.78. The molecule has 4 aromatic heterocycles. The highest BCUT2D eigenvalue weighted by molar-refractivity contribution is 7.18. The number of pyridine rings is 1. The summed E-state index contributed by atoms with van der Waals surface area (Å²) in [5, 5.41) is 5.26. The van der Waals surface area contributed by atoms with Gasteiger partial charge >= 0.3 is 0 Å². The van der Waals surface area contributed by atoms with Gasteiger partial charge in [-0.25, -0.2) is 23.3 Å². The number of nitrogens with one attached hydrogen (secondary N) is 1. The van der Waals surface area contributed by atoms with E-state index in [0.717, 1.165) is 32.2 Å². The van der Waals surface area contributed by atoms with Crippen molar-refractivity contribution in [3.05, 3.63) is 82.6 Å². The smallest absolute Gasteiger partial charge is 0.261 e. The highest BCUT2D eigenvalue weighted by atomic mass is 32.1. The van der Waals surface area contributed by atoms with Crippen LogP contribution in [0.15, 0.2) is 55.1 Å². The Balaban J connectivity index is 1.21. The summed E-state index contributed by atoms with van der Waals surface area (Å²) in [4.78, 5) is 30.2. The van der Waals surface area contributed by atoms with Crippen LogP contribution in [0.3, 0.4) is 0 Å². The fourth-order valence-electron chi connectivity index (χ4n) is 5.39. The molecule has 6 heterocycles. The molecule has 0 saturated carbocycles. The van der Waals surface area contributed by atoms with Crippen LogP contribution in [0.25, 0.3) is 15.7 Å². The fraction of sp³-hybridized carbons (Fsp3) is 0.308. The maximum atomic E-state index is 14.0. The number of fused-ring (bicyclic) bond motifs is 3. The molecular formula is C26H23F2N7OS. The number of carbonyl (C=O) groups excluding carboxylic acids is 1. The topological polar surface area (TPSA) is 82.4 Å². The van der Waals surface area contributed by atoms with Gasteiger partial charge in [0.2, 0.25) is 0 Å². The van der Waals surface area contributed by atoms with Crippen molar-refractivity contribution < 1.29 is 13.6 Å². The molecule has 1 N–H and O–H groups in total. The average Bonchev–Trinajstić information content (AvgIpc) is 3.67. The second-order valence-corrected chi connectivity index (χ2v) is 10.7. The minimum atomic E-state index is -2.63. The van der Waals surface area contributed by atoms with E-state index < -0.39 is 12.0 Å². The van der Waals surface area contributed by atoms with E-state index in [9.17, 15) is 13.6 Å². The number of para-hydroxylation sites is 1. The van der Waals surface area contributed by atoms with E-state index in [1.165, 1.54) is 0 Å². The summed E-state index contributed by atoms with van der Waals surface area (Å²) >= 11 is 1.57. The molecule has 1 aromatic carbocycles. The molecule has 188 valence electrons. The molecule has 2 aliphatic heterocycles. The van der Waals surface area contributed by atoms with Crippen LogP contribution in [0.1, 0.15) is 44.8 Å². The number of halogens is 2. The first-order valence-corrected chi connectivity index (χ1v) is 13.0. The lowest BCUT2D eigenvalue weighted by Gasteiger charge is -2.33. The summed E-state index contributed by atoms with van der Waals surface area (Å²) in [6, 6.07) is 11.3. The first-order chi connectivity index (χ1) is 17.9. The van der Waals surface area contributed by atoms with Gasteiger partial charge in [0.05, 0.1) is 46.1 Å². The first kappa shape index (κ1) is 22.5. The van der Waals surface area contributed by atoms with E-state index in [-0.39, 0.29) is 18.9 Å². The molecule has 0 aliphatic carbocycles. The van der Waals surface area contributed by atoms with Gasteiger partial charge in [0.25, 0.3) is 11.8 Å². The van der Waals surface area contributed by atoms with Crippen molar-refractivity contribution in [2.45, 2.75) is 31.4 Å². The zero-order valence-electron chi connectivity index (χ0n) is 19.8. The van der Waals surface area contributed by atoms with Crippen LogP contribution in [-0.2, 0) is 13.0 Å². The average molecular weight is 520 g/mol. The van der Waals surface area contributed by atoms with E-state index in [2.05, 4.69) is 15.1 Å². The molecule has 1 fully saturated rings. The van der Waals surface area contributed by atoms with Gasteiger partial charge in [-0.05, 0) is 23.8 Å². The van der Waals surface area contributed by atoms with Crippen LogP contribution in [0, 0.1) is 0 Å². The second-order valence-electron chi connectivity index (χ2n) is 9.68. The van der Waals surface area contributed by atoms with Crippen molar-refractivity contribution in [1.29, 1.82) is 0 Å². The van der Waals surface area contributed by atoms with Crippen LogP contribution in [0.2, 0.25) is 0 Å². The predicted octanol–water partition coefficient (Wildman–Crippen LogP) is 4.30. The zero-order chi connectivity index (χ0) is 25.1. The van der Waals surface area contributed by atoms with Crippen molar-refractivity contribution in [2.24, 2.45) is 0 Å². The Morgan fingerprint density at radius 3 is 2.92 bits per heavy atom. The Morgan fingerprint density at radius 1 is 1.19 bits per heavy atom. The third-order valence-electron chi connectivity index (χ3n) is 7.19. The summed E-state index contributed by atoms with van der Waals surface area (Å²) in [5.74, 6) is -2.77. The largest absolute Gasteiger partial charge is 0.348 e. The van der Waals surface area contributed by atoms with Crippen molar-refractivity contribution in [3.8, 4) is 0 Å². The van der Waals surface area contributed by atoms with Gasteiger partial charge in [0.15, 0.2) is 0 Å². The van der Waals surface area contributed by atoms with E-state index in [1.807, 2.05) is 47.5 Å². The van der Waals surface area contributed by atoms with Crippen molar-refractivity contribution in [3.63, 3.8) is 0 Å². The maximum absolute atomic E-state index is 14.0. The number of aromatic nitrogens is 5. The minimum Gasteiger partial charge on any atom is -0.348 e.